The van der Waals surface area contributed by atoms with Crippen LogP contribution in [0.1, 0.15) is 23.9 Å². The number of para-hydroxylation sites is 2. The highest BCUT2D eigenvalue weighted by atomic mass is 35.5. The number of pyridine rings is 1. The van der Waals surface area contributed by atoms with Crippen LogP contribution in [-0.2, 0) is 0 Å². The van der Waals surface area contributed by atoms with Gasteiger partial charge < -0.3 is 9.97 Å². The van der Waals surface area contributed by atoms with Crippen molar-refractivity contribution in [3.8, 4) is 11.1 Å². The van der Waals surface area contributed by atoms with E-state index in [4.69, 9.17) is 16.6 Å². The van der Waals surface area contributed by atoms with Crippen LogP contribution < -0.4 is 11.0 Å². The molecule has 1 atom stereocenters. The summed E-state index contributed by atoms with van der Waals surface area (Å²) in [7, 11) is 0. The van der Waals surface area contributed by atoms with Gasteiger partial charge in [-0.2, -0.15) is 5.10 Å². The van der Waals surface area contributed by atoms with E-state index in [2.05, 4.69) is 20.5 Å². The second-order valence-electron chi connectivity index (χ2n) is 7.84. The Hall–Kier alpha value is -3.90. The van der Waals surface area contributed by atoms with Gasteiger partial charge in [0.25, 0.3) is 5.56 Å². The highest BCUT2D eigenvalue weighted by Crippen LogP contribution is 2.34. The fraction of sp³-hybridized carbons (Fsp3) is 0.0800. The van der Waals surface area contributed by atoms with Gasteiger partial charge in [0.2, 0.25) is 0 Å². The number of fused-ring (bicyclic) bond motifs is 2. The van der Waals surface area contributed by atoms with E-state index in [1.54, 1.807) is 6.07 Å². The minimum Gasteiger partial charge on any atom is -0.340 e. The summed E-state index contributed by atoms with van der Waals surface area (Å²) in [6.07, 6.45) is 0.537. The Balaban J connectivity index is 1.49. The van der Waals surface area contributed by atoms with Crippen molar-refractivity contribution in [2.75, 3.05) is 0 Å². The topological polar surface area (TPSA) is 85.9 Å². The number of halogens is 1. The summed E-state index contributed by atoms with van der Waals surface area (Å²) in [5.74, 6) is 0.798. The SMILES string of the molecule is O=c1[nH]c2ccc(Cl)cc2c(-c2ccccc2)c1C1=NNC(c2nc3ccccc3[nH]2)C1. The predicted molar refractivity (Wildman–Crippen MR) is 128 cm³/mol. The zero-order chi connectivity index (χ0) is 21.7. The molecule has 32 heavy (non-hydrogen) atoms. The Morgan fingerprint density at radius 3 is 2.53 bits per heavy atom. The maximum atomic E-state index is 13.3. The van der Waals surface area contributed by atoms with E-state index in [0.717, 1.165) is 38.9 Å². The number of hydrazone groups is 1. The van der Waals surface area contributed by atoms with Crippen LogP contribution in [0.5, 0.6) is 0 Å². The molecule has 6 nitrogen and oxygen atoms in total. The number of nitrogens with zero attached hydrogens (tertiary/aromatic N) is 2. The van der Waals surface area contributed by atoms with Crippen molar-refractivity contribution in [2.24, 2.45) is 5.10 Å². The molecule has 2 aromatic heterocycles. The van der Waals surface area contributed by atoms with E-state index in [0.29, 0.717) is 22.7 Å². The molecule has 0 radical (unpaired) electrons. The zero-order valence-corrected chi connectivity index (χ0v) is 17.6. The van der Waals surface area contributed by atoms with Gasteiger partial charge in [-0.1, -0.05) is 54.1 Å². The Morgan fingerprint density at radius 2 is 1.69 bits per heavy atom. The van der Waals surface area contributed by atoms with E-state index in [9.17, 15) is 4.79 Å². The number of hydrogen-bond acceptors (Lipinski definition) is 4. The number of H-pyrrole nitrogens is 2. The van der Waals surface area contributed by atoms with Gasteiger partial charge in [-0.25, -0.2) is 4.98 Å². The molecular weight excluding hydrogens is 422 g/mol. The van der Waals surface area contributed by atoms with E-state index in [1.807, 2.05) is 66.7 Å². The molecule has 1 aliphatic rings. The van der Waals surface area contributed by atoms with Gasteiger partial charge >= 0.3 is 0 Å². The molecule has 0 bridgehead atoms. The zero-order valence-electron chi connectivity index (χ0n) is 16.9. The molecule has 0 fully saturated rings. The average Bonchev–Trinajstić information content (AvgIpc) is 3.46. The second kappa shape index (κ2) is 7.35. The van der Waals surface area contributed by atoms with E-state index >= 15 is 0 Å². The largest absolute Gasteiger partial charge is 0.340 e. The molecule has 3 N–H and O–H groups in total. The smallest absolute Gasteiger partial charge is 0.258 e. The first-order chi connectivity index (χ1) is 15.7. The second-order valence-corrected chi connectivity index (χ2v) is 8.28. The third kappa shape index (κ3) is 3.08. The van der Waals surface area contributed by atoms with Crippen LogP contribution in [0, 0.1) is 0 Å². The average molecular weight is 440 g/mol. The minimum atomic E-state index is -0.176. The molecule has 0 saturated carbocycles. The van der Waals surface area contributed by atoms with Crippen molar-refractivity contribution in [3.63, 3.8) is 0 Å². The van der Waals surface area contributed by atoms with E-state index in [1.165, 1.54) is 0 Å². The molecule has 1 aliphatic heterocycles. The fourth-order valence-corrected chi connectivity index (χ4v) is 4.51. The first-order valence-electron chi connectivity index (χ1n) is 10.4. The van der Waals surface area contributed by atoms with Crippen LogP contribution >= 0.6 is 11.6 Å². The molecule has 3 heterocycles. The number of nitrogens with one attached hydrogen (secondary N) is 3. The normalized spacial score (nSPS) is 15.8. The summed E-state index contributed by atoms with van der Waals surface area (Å²) in [6, 6.07) is 23.1. The number of hydrogen-bond donors (Lipinski definition) is 3. The van der Waals surface area contributed by atoms with Gasteiger partial charge in [-0.15, -0.1) is 0 Å². The van der Waals surface area contributed by atoms with Crippen LogP contribution in [0.2, 0.25) is 5.02 Å². The Labute approximate surface area is 188 Å². The fourth-order valence-electron chi connectivity index (χ4n) is 4.34. The first-order valence-corrected chi connectivity index (χ1v) is 10.7. The van der Waals surface area contributed by atoms with Crippen LogP contribution in [0.4, 0.5) is 0 Å². The van der Waals surface area contributed by atoms with Crippen LogP contribution in [-0.4, -0.2) is 20.7 Å². The van der Waals surface area contributed by atoms with E-state index < -0.39 is 0 Å². The lowest BCUT2D eigenvalue weighted by Crippen LogP contribution is -2.20. The summed E-state index contributed by atoms with van der Waals surface area (Å²) >= 11 is 6.32. The summed E-state index contributed by atoms with van der Waals surface area (Å²) in [6.45, 7) is 0. The first kappa shape index (κ1) is 18.8. The molecule has 156 valence electrons. The molecule has 0 saturated heterocycles. The molecule has 5 aromatic rings. The molecule has 1 unspecified atom stereocenters. The molecule has 3 aromatic carbocycles. The Bertz CT molecular complexity index is 1540. The van der Waals surface area contributed by atoms with Crippen LogP contribution in [0.25, 0.3) is 33.1 Å². The monoisotopic (exact) mass is 439 g/mol. The number of aromatic amines is 2. The predicted octanol–water partition coefficient (Wildman–Crippen LogP) is 5.16. The number of benzene rings is 3. The molecule has 7 heteroatoms. The highest BCUT2D eigenvalue weighted by Gasteiger charge is 2.28. The lowest BCUT2D eigenvalue weighted by atomic mass is 9.92. The summed E-state index contributed by atoms with van der Waals surface area (Å²) in [5, 5.41) is 6.06. The quantitative estimate of drug-likeness (QED) is 0.362. The van der Waals surface area contributed by atoms with Crippen molar-refractivity contribution in [1.29, 1.82) is 0 Å². The lowest BCUT2D eigenvalue weighted by Gasteiger charge is -2.13. The van der Waals surface area contributed by atoms with Gasteiger partial charge in [0.1, 0.15) is 11.9 Å². The molecular formula is C25H18ClN5O. The van der Waals surface area contributed by atoms with Gasteiger partial charge in [0, 0.05) is 27.9 Å². The van der Waals surface area contributed by atoms with Gasteiger partial charge in [0.05, 0.1) is 22.3 Å². The van der Waals surface area contributed by atoms with Crippen LogP contribution in [0.3, 0.4) is 0 Å². The molecule has 6 rings (SSSR count). The third-order valence-electron chi connectivity index (χ3n) is 5.82. The lowest BCUT2D eigenvalue weighted by molar-refractivity contribution is 0.591. The van der Waals surface area contributed by atoms with Gasteiger partial charge in [-0.05, 0) is 35.9 Å². The van der Waals surface area contributed by atoms with Crippen molar-refractivity contribution in [3.05, 3.63) is 99.6 Å². The van der Waals surface area contributed by atoms with Crippen molar-refractivity contribution >= 4 is 39.2 Å². The van der Waals surface area contributed by atoms with Crippen molar-refractivity contribution in [2.45, 2.75) is 12.5 Å². The highest BCUT2D eigenvalue weighted by molar-refractivity contribution is 6.31. The third-order valence-corrected chi connectivity index (χ3v) is 6.05. The summed E-state index contributed by atoms with van der Waals surface area (Å²) in [4.78, 5) is 24.3. The number of rotatable bonds is 3. The Kier molecular flexibility index (Phi) is 4.33. The van der Waals surface area contributed by atoms with Crippen LogP contribution in [0.15, 0.2) is 82.7 Å². The van der Waals surface area contributed by atoms with E-state index in [-0.39, 0.29) is 11.6 Å². The number of imidazole rings is 1. The van der Waals surface area contributed by atoms with Gasteiger partial charge in [0.15, 0.2) is 0 Å². The van der Waals surface area contributed by atoms with Crippen molar-refractivity contribution < 1.29 is 0 Å². The standard InChI is InChI=1S/C25H18ClN5O/c26-15-10-11-17-16(12-15)22(14-6-2-1-3-7-14)23(25(32)29-17)20-13-21(31-30-20)24-27-18-8-4-5-9-19(18)28-24/h1-12,21,31H,13H2,(H,27,28)(H,29,32). The van der Waals surface area contributed by atoms with Gasteiger partial charge in [-0.3, -0.25) is 10.2 Å². The maximum absolute atomic E-state index is 13.3. The summed E-state index contributed by atoms with van der Waals surface area (Å²) in [5.41, 5.74) is 8.62. The molecule has 0 spiro atoms. The Morgan fingerprint density at radius 1 is 0.875 bits per heavy atom. The maximum Gasteiger partial charge on any atom is 0.258 e. The van der Waals surface area contributed by atoms with Crippen molar-refractivity contribution in [1.82, 2.24) is 20.4 Å². The minimum absolute atomic E-state index is 0.143. The molecule has 0 aliphatic carbocycles. The molecule has 0 amide bonds. The number of aromatic nitrogens is 3. The summed E-state index contributed by atoms with van der Waals surface area (Å²) < 4.78 is 0.